The third-order valence-corrected chi connectivity index (χ3v) is 5.11. The van der Waals surface area contributed by atoms with Gasteiger partial charge in [-0.15, -0.1) is 11.3 Å². The molecule has 0 radical (unpaired) electrons. The minimum Gasteiger partial charge on any atom is -0.481 e. The van der Waals surface area contributed by atoms with Crippen LogP contribution >= 0.6 is 11.3 Å². The second kappa shape index (κ2) is 7.09. The summed E-state index contributed by atoms with van der Waals surface area (Å²) in [5, 5.41) is 11.3. The minimum atomic E-state index is -0.795. The number of aromatic nitrogens is 1. The Morgan fingerprint density at radius 2 is 2.00 bits per heavy atom. The predicted molar refractivity (Wildman–Crippen MR) is 88.2 cm³/mol. The smallest absolute Gasteiger partial charge is 0.306 e. The highest BCUT2D eigenvalue weighted by Gasteiger charge is 2.27. The van der Waals surface area contributed by atoms with E-state index >= 15 is 0 Å². The SMILES string of the molecule is O=C(O)C1CCN(C(=O)Cc2csc(-c3ccccc3F)n2)CC1. The van der Waals surface area contributed by atoms with E-state index in [1.165, 1.54) is 17.4 Å². The number of nitrogens with zero attached hydrogens (tertiary/aromatic N) is 2. The molecule has 0 bridgehead atoms. The molecule has 24 heavy (non-hydrogen) atoms. The third kappa shape index (κ3) is 3.62. The zero-order valence-electron chi connectivity index (χ0n) is 12.9. The highest BCUT2D eigenvalue weighted by molar-refractivity contribution is 7.13. The molecule has 1 amide bonds. The third-order valence-electron chi connectivity index (χ3n) is 4.19. The van der Waals surface area contributed by atoms with Crippen LogP contribution in [0.2, 0.25) is 0 Å². The van der Waals surface area contributed by atoms with Gasteiger partial charge in [-0.05, 0) is 25.0 Å². The van der Waals surface area contributed by atoms with Crippen molar-refractivity contribution in [2.75, 3.05) is 13.1 Å². The molecule has 0 aliphatic carbocycles. The zero-order valence-corrected chi connectivity index (χ0v) is 13.8. The van der Waals surface area contributed by atoms with E-state index in [-0.39, 0.29) is 24.1 Å². The van der Waals surface area contributed by atoms with Crippen LogP contribution < -0.4 is 0 Å². The van der Waals surface area contributed by atoms with Gasteiger partial charge in [0.05, 0.1) is 18.0 Å². The standard InChI is InChI=1S/C17H17FN2O3S/c18-14-4-2-1-3-13(14)16-19-12(10-24-16)9-15(21)20-7-5-11(6-8-20)17(22)23/h1-4,10-11H,5-9H2,(H,22,23). The Morgan fingerprint density at radius 3 is 2.67 bits per heavy atom. The molecule has 1 aliphatic heterocycles. The summed E-state index contributed by atoms with van der Waals surface area (Å²) in [6.45, 7) is 0.917. The molecule has 1 aliphatic rings. The molecule has 0 atom stereocenters. The molecule has 1 N–H and O–H groups in total. The fraction of sp³-hybridized carbons (Fsp3) is 0.353. The van der Waals surface area contributed by atoms with Crippen LogP contribution in [0.15, 0.2) is 29.6 Å². The molecule has 0 spiro atoms. The van der Waals surface area contributed by atoms with Crippen LogP contribution in [0.4, 0.5) is 4.39 Å². The topological polar surface area (TPSA) is 70.5 Å². The average Bonchev–Trinajstić information content (AvgIpc) is 3.03. The molecule has 0 saturated carbocycles. The fourth-order valence-electron chi connectivity index (χ4n) is 2.79. The van der Waals surface area contributed by atoms with Crippen LogP contribution in [0.3, 0.4) is 0 Å². The Kier molecular flexibility index (Phi) is 4.89. The van der Waals surface area contributed by atoms with Gasteiger partial charge in [-0.25, -0.2) is 9.37 Å². The number of rotatable bonds is 4. The van der Waals surface area contributed by atoms with Crippen LogP contribution in [0.25, 0.3) is 10.6 Å². The highest BCUT2D eigenvalue weighted by atomic mass is 32.1. The molecule has 1 saturated heterocycles. The molecule has 2 aromatic rings. The van der Waals surface area contributed by atoms with Gasteiger partial charge in [0.2, 0.25) is 5.91 Å². The number of amides is 1. The summed E-state index contributed by atoms with van der Waals surface area (Å²) >= 11 is 1.31. The Hall–Kier alpha value is -2.28. The van der Waals surface area contributed by atoms with E-state index in [9.17, 15) is 14.0 Å². The van der Waals surface area contributed by atoms with Crippen molar-refractivity contribution in [3.05, 3.63) is 41.2 Å². The molecule has 1 aromatic carbocycles. The minimum absolute atomic E-state index is 0.0655. The van der Waals surface area contributed by atoms with Crippen molar-refractivity contribution >= 4 is 23.2 Å². The second-order valence-electron chi connectivity index (χ2n) is 5.79. The van der Waals surface area contributed by atoms with Gasteiger partial charge < -0.3 is 10.0 Å². The van der Waals surface area contributed by atoms with Gasteiger partial charge in [0.25, 0.3) is 0 Å². The molecule has 5 nitrogen and oxygen atoms in total. The second-order valence-corrected chi connectivity index (χ2v) is 6.65. The maximum atomic E-state index is 13.8. The Bertz CT molecular complexity index is 754. The lowest BCUT2D eigenvalue weighted by atomic mass is 9.97. The van der Waals surface area contributed by atoms with Crippen molar-refractivity contribution in [1.82, 2.24) is 9.88 Å². The number of hydrogen-bond donors (Lipinski definition) is 1. The summed E-state index contributed by atoms with van der Waals surface area (Å²) in [6, 6.07) is 6.42. The molecule has 2 heterocycles. The molecule has 3 rings (SSSR count). The lowest BCUT2D eigenvalue weighted by molar-refractivity contribution is -0.145. The van der Waals surface area contributed by atoms with Crippen LogP contribution in [0, 0.1) is 11.7 Å². The monoisotopic (exact) mass is 348 g/mol. The summed E-state index contributed by atoms with van der Waals surface area (Å²) in [5.74, 6) is -1.55. The maximum Gasteiger partial charge on any atom is 0.306 e. The van der Waals surface area contributed by atoms with E-state index in [1.807, 2.05) is 0 Å². The number of carboxylic acids is 1. The molecule has 7 heteroatoms. The summed E-state index contributed by atoms with van der Waals surface area (Å²) in [5.41, 5.74) is 1.05. The zero-order chi connectivity index (χ0) is 17.1. The number of carbonyl (C=O) groups excluding carboxylic acids is 1. The summed E-state index contributed by atoms with van der Waals surface area (Å²) < 4.78 is 13.8. The van der Waals surface area contributed by atoms with Crippen LogP contribution in [0.1, 0.15) is 18.5 Å². The van der Waals surface area contributed by atoms with Crippen molar-refractivity contribution in [2.24, 2.45) is 5.92 Å². The summed E-state index contributed by atoms with van der Waals surface area (Å²) in [6.07, 6.45) is 1.12. The quantitative estimate of drug-likeness (QED) is 0.922. The van der Waals surface area contributed by atoms with Gasteiger partial charge in [0.15, 0.2) is 0 Å². The van der Waals surface area contributed by atoms with Crippen LogP contribution in [-0.2, 0) is 16.0 Å². The molecule has 1 aromatic heterocycles. The molecule has 0 unspecified atom stereocenters. The number of halogens is 1. The van der Waals surface area contributed by atoms with Gasteiger partial charge in [0.1, 0.15) is 10.8 Å². The van der Waals surface area contributed by atoms with Crippen LogP contribution in [0.5, 0.6) is 0 Å². The van der Waals surface area contributed by atoms with E-state index in [1.54, 1.807) is 28.5 Å². The number of likely N-dealkylation sites (tertiary alicyclic amines) is 1. The van der Waals surface area contributed by atoms with Crippen molar-refractivity contribution in [3.8, 4) is 10.6 Å². The van der Waals surface area contributed by atoms with Crippen molar-refractivity contribution < 1.29 is 19.1 Å². The molecular formula is C17H17FN2O3S. The summed E-state index contributed by atoms with van der Waals surface area (Å²) in [4.78, 5) is 29.3. The first-order valence-corrected chi connectivity index (χ1v) is 8.62. The number of benzene rings is 1. The lowest BCUT2D eigenvalue weighted by Crippen LogP contribution is -2.41. The number of carboxylic acid groups (broad SMARTS) is 1. The highest BCUT2D eigenvalue weighted by Crippen LogP contribution is 2.26. The number of piperidine rings is 1. The van der Waals surface area contributed by atoms with Crippen LogP contribution in [-0.4, -0.2) is 40.0 Å². The van der Waals surface area contributed by atoms with E-state index < -0.39 is 5.97 Å². The molecular weight excluding hydrogens is 331 g/mol. The van der Waals surface area contributed by atoms with Gasteiger partial charge in [-0.2, -0.15) is 0 Å². The average molecular weight is 348 g/mol. The first-order chi connectivity index (χ1) is 11.5. The van der Waals surface area contributed by atoms with Crippen molar-refractivity contribution in [3.63, 3.8) is 0 Å². The first-order valence-electron chi connectivity index (χ1n) is 7.74. The van der Waals surface area contributed by atoms with E-state index in [2.05, 4.69) is 4.98 Å². The molecule has 1 fully saturated rings. The van der Waals surface area contributed by atoms with E-state index in [0.29, 0.717) is 42.2 Å². The molecule has 126 valence electrons. The Balaban J connectivity index is 1.62. The van der Waals surface area contributed by atoms with Gasteiger partial charge in [0, 0.05) is 24.0 Å². The predicted octanol–water partition coefficient (Wildman–Crippen LogP) is 2.81. The largest absolute Gasteiger partial charge is 0.481 e. The first kappa shape index (κ1) is 16.6. The Labute approximate surface area is 142 Å². The van der Waals surface area contributed by atoms with Gasteiger partial charge >= 0.3 is 5.97 Å². The number of aliphatic carboxylic acids is 1. The van der Waals surface area contributed by atoms with E-state index in [4.69, 9.17) is 5.11 Å². The maximum absolute atomic E-state index is 13.8. The van der Waals surface area contributed by atoms with Gasteiger partial charge in [-0.1, -0.05) is 12.1 Å². The number of carbonyl (C=O) groups is 2. The van der Waals surface area contributed by atoms with Gasteiger partial charge in [-0.3, -0.25) is 9.59 Å². The van der Waals surface area contributed by atoms with Crippen molar-refractivity contribution in [2.45, 2.75) is 19.3 Å². The number of hydrogen-bond acceptors (Lipinski definition) is 4. The summed E-state index contributed by atoms with van der Waals surface area (Å²) in [7, 11) is 0. The fourth-order valence-corrected chi connectivity index (χ4v) is 3.64. The number of thiazole rings is 1. The normalized spacial score (nSPS) is 15.5. The van der Waals surface area contributed by atoms with Crippen molar-refractivity contribution in [1.29, 1.82) is 0 Å². The van der Waals surface area contributed by atoms with E-state index in [0.717, 1.165) is 0 Å². The Morgan fingerprint density at radius 1 is 1.29 bits per heavy atom. The lowest BCUT2D eigenvalue weighted by Gasteiger charge is -2.30.